The van der Waals surface area contributed by atoms with Crippen molar-refractivity contribution < 1.29 is 17.6 Å². The van der Waals surface area contributed by atoms with Gasteiger partial charge in [-0.15, -0.1) is 16.4 Å². The van der Waals surface area contributed by atoms with Gasteiger partial charge in [0.15, 0.2) is 17.5 Å². The van der Waals surface area contributed by atoms with Gasteiger partial charge in [-0.05, 0) is 30.5 Å². The van der Waals surface area contributed by atoms with Gasteiger partial charge in [-0.2, -0.15) is 9.49 Å². The van der Waals surface area contributed by atoms with Crippen molar-refractivity contribution in [3.05, 3.63) is 58.7 Å². The number of aryl methyl sites for hydroxylation is 1. The fourth-order valence-electron chi connectivity index (χ4n) is 2.19. The van der Waals surface area contributed by atoms with Gasteiger partial charge in [-0.25, -0.2) is 13.2 Å². The molecule has 0 radical (unpaired) electrons. The molecule has 2 aromatic heterocycles. The van der Waals surface area contributed by atoms with E-state index in [0.717, 1.165) is 12.1 Å². The lowest BCUT2D eigenvalue weighted by Gasteiger charge is -2.12. The number of thiophene rings is 1. The van der Waals surface area contributed by atoms with Crippen molar-refractivity contribution in [2.45, 2.75) is 6.92 Å². The molecule has 22 heavy (non-hydrogen) atoms. The molecule has 1 aromatic carbocycles. The summed E-state index contributed by atoms with van der Waals surface area (Å²) in [6.07, 6.45) is 0. The van der Waals surface area contributed by atoms with Crippen molar-refractivity contribution in [1.29, 1.82) is 0 Å². The summed E-state index contributed by atoms with van der Waals surface area (Å²) in [6.45, 7) is 1.59. The highest BCUT2D eigenvalue weighted by Crippen LogP contribution is 2.38. The Balaban J connectivity index is 2.37. The topological polar surface area (TPSA) is 25.8 Å². The molecule has 0 spiro atoms. The van der Waals surface area contributed by atoms with E-state index in [-0.39, 0.29) is 5.56 Å². The average molecular weight is 324 g/mol. The molecule has 3 rings (SSSR count). The predicted octanol–water partition coefficient (Wildman–Crippen LogP) is 4.74. The molecular formula is C15H8F4N2S. The van der Waals surface area contributed by atoms with Crippen molar-refractivity contribution >= 4 is 11.3 Å². The third kappa shape index (κ3) is 2.27. The normalized spacial score (nSPS) is 11.0. The van der Waals surface area contributed by atoms with Gasteiger partial charge < -0.3 is 0 Å². The van der Waals surface area contributed by atoms with E-state index in [2.05, 4.69) is 10.2 Å². The maximum Gasteiger partial charge on any atom is 0.241 e. The maximum atomic E-state index is 14.2. The number of benzene rings is 1. The Morgan fingerprint density at radius 3 is 2.36 bits per heavy atom. The van der Waals surface area contributed by atoms with E-state index in [1.165, 1.54) is 11.3 Å². The van der Waals surface area contributed by atoms with Crippen LogP contribution < -0.4 is 0 Å². The average Bonchev–Trinajstić information content (AvgIpc) is 3.02. The van der Waals surface area contributed by atoms with E-state index in [4.69, 9.17) is 0 Å². The minimum absolute atomic E-state index is 0.230. The Labute approximate surface area is 127 Å². The molecule has 0 saturated carbocycles. The molecule has 112 valence electrons. The smallest absolute Gasteiger partial charge is 0.204 e. The van der Waals surface area contributed by atoms with Gasteiger partial charge >= 0.3 is 0 Å². The fourth-order valence-corrected chi connectivity index (χ4v) is 3.02. The van der Waals surface area contributed by atoms with Crippen molar-refractivity contribution in [2.75, 3.05) is 0 Å². The summed E-state index contributed by atoms with van der Waals surface area (Å²) in [4.78, 5) is 0.630. The Bertz CT molecular complexity index is 847. The van der Waals surface area contributed by atoms with Crippen LogP contribution in [0.2, 0.25) is 0 Å². The van der Waals surface area contributed by atoms with Gasteiger partial charge in [-0.3, -0.25) is 0 Å². The van der Waals surface area contributed by atoms with Crippen molar-refractivity contribution in [1.82, 2.24) is 10.2 Å². The standard InChI is InChI=1S/C15H8F4N2S/c1-7-11(10-3-2-6-22-10)12(15(19)21-20-7)8-4-5-9(16)14(18)13(8)17/h2-6H,1H3. The lowest BCUT2D eigenvalue weighted by atomic mass is 9.98. The Kier molecular flexibility index (Phi) is 3.66. The van der Waals surface area contributed by atoms with Crippen LogP contribution in [0.1, 0.15) is 5.69 Å². The summed E-state index contributed by atoms with van der Waals surface area (Å²) >= 11 is 1.30. The van der Waals surface area contributed by atoms with Gasteiger partial charge in [0.1, 0.15) is 0 Å². The van der Waals surface area contributed by atoms with Crippen LogP contribution in [0.4, 0.5) is 17.6 Å². The van der Waals surface area contributed by atoms with Crippen LogP contribution in [0, 0.1) is 30.3 Å². The second-order valence-electron chi connectivity index (χ2n) is 4.53. The molecule has 0 N–H and O–H groups in total. The highest BCUT2D eigenvalue weighted by Gasteiger charge is 2.23. The van der Waals surface area contributed by atoms with Crippen LogP contribution in [0.25, 0.3) is 21.6 Å². The Hall–Kier alpha value is -2.28. The van der Waals surface area contributed by atoms with E-state index in [1.807, 2.05) is 0 Å². The fraction of sp³-hybridized carbons (Fsp3) is 0.0667. The summed E-state index contributed by atoms with van der Waals surface area (Å²) < 4.78 is 54.8. The van der Waals surface area contributed by atoms with Gasteiger partial charge in [0, 0.05) is 16.0 Å². The highest BCUT2D eigenvalue weighted by molar-refractivity contribution is 7.13. The molecule has 0 aliphatic rings. The van der Waals surface area contributed by atoms with Gasteiger partial charge in [0.2, 0.25) is 5.95 Å². The SMILES string of the molecule is Cc1nnc(F)c(-c2ccc(F)c(F)c2F)c1-c1cccs1. The first kappa shape index (κ1) is 14.6. The van der Waals surface area contributed by atoms with Gasteiger partial charge in [0.05, 0.1) is 11.3 Å². The molecule has 0 atom stereocenters. The van der Waals surface area contributed by atoms with Crippen molar-refractivity contribution in [3.63, 3.8) is 0 Å². The first-order valence-corrected chi connectivity index (χ1v) is 7.09. The molecule has 2 nitrogen and oxygen atoms in total. The minimum Gasteiger partial charge on any atom is -0.204 e. The van der Waals surface area contributed by atoms with E-state index >= 15 is 0 Å². The number of hydrogen-bond acceptors (Lipinski definition) is 3. The minimum atomic E-state index is -1.65. The zero-order valence-electron chi connectivity index (χ0n) is 11.2. The highest BCUT2D eigenvalue weighted by atomic mass is 32.1. The van der Waals surface area contributed by atoms with E-state index in [1.54, 1.807) is 24.4 Å². The summed E-state index contributed by atoms with van der Waals surface area (Å²) in [5.74, 6) is -5.48. The molecule has 2 heterocycles. The molecule has 0 unspecified atom stereocenters. The Morgan fingerprint density at radius 2 is 1.68 bits per heavy atom. The number of hydrogen-bond donors (Lipinski definition) is 0. The van der Waals surface area contributed by atoms with E-state index in [9.17, 15) is 17.6 Å². The molecule has 0 bridgehead atoms. The number of aromatic nitrogens is 2. The van der Waals surface area contributed by atoms with E-state index < -0.39 is 29.0 Å². The van der Waals surface area contributed by atoms with Crippen LogP contribution in [0.3, 0.4) is 0 Å². The van der Waals surface area contributed by atoms with Crippen LogP contribution in [0.15, 0.2) is 29.6 Å². The largest absolute Gasteiger partial charge is 0.241 e. The maximum absolute atomic E-state index is 14.2. The summed E-state index contributed by atoms with van der Waals surface area (Å²) in [5.41, 5.74) is 0.0551. The third-order valence-electron chi connectivity index (χ3n) is 3.18. The summed E-state index contributed by atoms with van der Waals surface area (Å²) in [6, 6.07) is 5.18. The van der Waals surface area contributed by atoms with Gasteiger partial charge in [0.25, 0.3) is 0 Å². The second kappa shape index (κ2) is 5.49. The Morgan fingerprint density at radius 1 is 0.909 bits per heavy atom. The summed E-state index contributed by atoms with van der Waals surface area (Å²) in [5, 5.41) is 8.77. The lowest BCUT2D eigenvalue weighted by Crippen LogP contribution is -2.03. The zero-order chi connectivity index (χ0) is 15.9. The van der Waals surface area contributed by atoms with Crippen molar-refractivity contribution in [2.24, 2.45) is 0 Å². The van der Waals surface area contributed by atoms with Crippen LogP contribution in [-0.2, 0) is 0 Å². The number of nitrogens with zero attached hydrogens (tertiary/aromatic N) is 2. The zero-order valence-corrected chi connectivity index (χ0v) is 12.0. The quantitative estimate of drug-likeness (QED) is 0.503. The first-order chi connectivity index (χ1) is 10.5. The molecule has 0 fully saturated rings. The first-order valence-electron chi connectivity index (χ1n) is 6.21. The number of halogens is 4. The van der Waals surface area contributed by atoms with Gasteiger partial charge in [-0.1, -0.05) is 6.07 Å². The summed E-state index contributed by atoms with van der Waals surface area (Å²) in [7, 11) is 0. The molecule has 0 aliphatic carbocycles. The predicted molar refractivity (Wildman–Crippen MR) is 75.4 cm³/mol. The molecule has 0 saturated heterocycles. The van der Waals surface area contributed by atoms with E-state index in [0.29, 0.717) is 16.1 Å². The molecular weight excluding hydrogens is 316 g/mol. The monoisotopic (exact) mass is 324 g/mol. The van der Waals surface area contributed by atoms with Crippen LogP contribution in [-0.4, -0.2) is 10.2 Å². The molecule has 3 aromatic rings. The lowest BCUT2D eigenvalue weighted by molar-refractivity contribution is 0.448. The van der Waals surface area contributed by atoms with Crippen molar-refractivity contribution in [3.8, 4) is 21.6 Å². The molecule has 7 heteroatoms. The van der Waals surface area contributed by atoms with Crippen LogP contribution >= 0.6 is 11.3 Å². The molecule has 0 amide bonds. The van der Waals surface area contributed by atoms with Crippen LogP contribution in [0.5, 0.6) is 0 Å². The second-order valence-corrected chi connectivity index (χ2v) is 5.47. The number of rotatable bonds is 2. The third-order valence-corrected chi connectivity index (χ3v) is 4.07. The molecule has 0 aliphatic heterocycles.